The summed E-state index contributed by atoms with van der Waals surface area (Å²) in [5.41, 5.74) is 0. The second-order valence-corrected chi connectivity index (χ2v) is 4.17. The fraction of sp³-hybridized carbons (Fsp3) is 0.636. The first kappa shape index (κ1) is 13.5. The van der Waals surface area contributed by atoms with E-state index in [1.54, 1.807) is 4.57 Å². The summed E-state index contributed by atoms with van der Waals surface area (Å²) < 4.78 is 3.54. The number of hydrogen-bond acceptors (Lipinski definition) is 1. The van der Waals surface area contributed by atoms with Crippen molar-refractivity contribution >= 4 is 6.03 Å². The zero-order chi connectivity index (χ0) is 10.7. The lowest BCUT2D eigenvalue weighted by Crippen LogP contribution is -3.00. The van der Waals surface area contributed by atoms with E-state index in [1.165, 1.54) is 12.8 Å². The van der Waals surface area contributed by atoms with Gasteiger partial charge < -0.3 is 28.9 Å². The largest absolute Gasteiger partial charge is 1.00 e. The number of hydrogen-bond donors (Lipinski definition) is 0. The van der Waals surface area contributed by atoms with Crippen LogP contribution in [0.25, 0.3) is 0 Å². The van der Waals surface area contributed by atoms with Crippen molar-refractivity contribution in [3.63, 3.8) is 0 Å². The Morgan fingerprint density at radius 3 is 2.31 bits per heavy atom. The van der Waals surface area contributed by atoms with Gasteiger partial charge in [-0.3, -0.25) is 0 Å². The van der Waals surface area contributed by atoms with Crippen LogP contribution in [0, 0.1) is 0 Å². The average Bonchev–Trinajstić information content (AvgIpc) is 2.53. The maximum Gasteiger partial charge on any atom is 0.415 e. The summed E-state index contributed by atoms with van der Waals surface area (Å²) in [5, 5.41) is 0. The van der Waals surface area contributed by atoms with Crippen LogP contribution in [0.2, 0.25) is 0 Å². The highest BCUT2D eigenvalue weighted by atomic mass is 127. The lowest BCUT2D eigenvalue weighted by atomic mass is 10.2. The molecule has 2 rings (SSSR count). The molecule has 1 aliphatic heterocycles. The van der Waals surface area contributed by atoms with Gasteiger partial charge in [-0.15, -0.1) is 0 Å². The van der Waals surface area contributed by atoms with Crippen LogP contribution in [-0.2, 0) is 7.05 Å². The molecule has 0 aliphatic carbocycles. The summed E-state index contributed by atoms with van der Waals surface area (Å²) in [6.07, 6.45) is 10.3. The van der Waals surface area contributed by atoms with E-state index in [2.05, 4.69) is 0 Å². The molecule has 0 unspecified atom stereocenters. The number of likely N-dealkylation sites (tertiary alicyclic amines) is 1. The molecule has 2 heterocycles. The lowest BCUT2D eigenvalue weighted by molar-refractivity contribution is -0.670. The van der Waals surface area contributed by atoms with Gasteiger partial charge in [0.15, 0.2) is 0 Å². The third-order valence-electron chi connectivity index (χ3n) is 2.87. The third-order valence-corrected chi connectivity index (χ3v) is 2.87. The van der Waals surface area contributed by atoms with Crippen LogP contribution in [0.1, 0.15) is 25.7 Å². The quantitative estimate of drug-likeness (QED) is 0.405. The van der Waals surface area contributed by atoms with E-state index >= 15 is 0 Å². The number of imidazole rings is 1. The number of rotatable bonds is 0. The van der Waals surface area contributed by atoms with E-state index in [0.29, 0.717) is 0 Å². The number of nitrogens with zero attached hydrogens (tertiary/aromatic N) is 3. The highest BCUT2D eigenvalue weighted by Crippen LogP contribution is 2.10. The smallest absolute Gasteiger partial charge is 0.415 e. The summed E-state index contributed by atoms with van der Waals surface area (Å²) in [5.74, 6) is 0. The second kappa shape index (κ2) is 6.22. The molecular formula is C11H18IN3O. The molecule has 0 spiro atoms. The molecule has 1 saturated heterocycles. The van der Waals surface area contributed by atoms with Crippen molar-refractivity contribution in [1.29, 1.82) is 0 Å². The van der Waals surface area contributed by atoms with Crippen LogP contribution in [0.5, 0.6) is 0 Å². The SMILES string of the molecule is C[n+]1ccn(C(=O)N2CCCCCC2)c1.[I-]. The first-order valence-corrected chi connectivity index (χ1v) is 5.60. The van der Waals surface area contributed by atoms with Crippen molar-refractivity contribution in [2.45, 2.75) is 25.7 Å². The van der Waals surface area contributed by atoms with Crippen LogP contribution in [0.3, 0.4) is 0 Å². The summed E-state index contributed by atoms with van der Waals surface area (Å²) in [6.45, 7) is 1.81. The molecule has 0 saturated carbocycles. The molecule has 90 valence electrons. The zero-order valence-electron chi connectivity index (χ0n) is 9.60. The highest BCUT2D eigenvalue weighted by molar-refractivity contribution is 5.76. The van der Waals surface area contributed by atoms with Crippen LogP contribution >= 0.6 is 0 Å². The van der Waals surface area contributed by atoms with E-state index in [9.17, 15) is 4.79 Å². The predicted molar refractivity (Wildman–Crippen MR) is 56.4 cm³/mol. The Labute approximate surface area is 113 Å². The van der Waals surface area contributed by atoms with Crippen LogP contribution in [0.15, 0.2) is 18.7 Å². The van der Waals surface area contributed by atoms with Gasteiger partial charge >= 0.3 is 6.03 Å². The molecule has 16 heavy (non-hydrogen) atoms. The third kappa shape index (κ3) is 3.20. The molecule has 1 aliphatic rings. The van der Waals surface area contributed by atoms with Gasteiger partial charge in [0.05, 0.1) is 7.05 Å². The fourth-order valence-corrected chi connectivity index (χ4v) is 1.99. The maximum absolute atomic E-state index is 12.0. The van der Waals surface area contributed by atoms with E-state index in [0.717, 1.165) is 25.9 Å². The van der Waals surface area contributed by atoms with Gasteiger partial charge in [-0.25, -0.2) is 9.36 Å². The number of aryl methyl sites for hydroxylation is 1. The zero-order valence-corrected chi connectivity index (χ0v) is 11.8. The molecule has 0 atom stereocenters. The molecular weight excluding hydrogens is 317 g/mol. The predicted octanol–water partition coefficient (Wildman–Crippen LogP) is -1.84. The van der Waals surface area contributed by atoms with Gasteiger partial charge in [0, 0.05) is 13.1 Å². The van der Waals surface area contributed by atoms with Gasteiger partial charge in [0.1, 0.15) is 12.4 Å². The van der Waals surface area contributed by atoms with E-state index in [1.807, 2.05) is 35.2 Å². The standard InChI is InChI=1S/C11H18N3O.HI/c1-12-8-9-14(10-12)11(15)13-6-4-2-3-5-7-13;/h8-10H,2-7H2,1H3;1H/q+1;/p-1. The van der Waals surface area contributed by atoms with Crippen molar-refractivity contribution in [3.05, 3.63) is 18.7 Å². The molecule has 4 nitrogen and oxygen atoms in total. The summed E-state index contributed by atoms with van der Waals surface area (Å²) in [4.78, 5) is 14.0. The first-order chi connectivity index (χ1) is 7.27. The Kier molecular flexibility index (Phi) is 5.24. The molecule has 0 N–H and O–H groups in total. The normalized spacial score (nSPS) is 16.4. The maximum atomic E-state index is 12.0. The summed E-state index contributed by atoms with van der Waals surface area (Å²) in [6, 6.07) is 0.109. The van der Waals surface area contributed by atoms with Crippen molar-refractivity contribution in [2.75, 3.05) is 13.1 Å². The molecule has 1 aromatic rings. The topological polar surface area (TPSA) is 29.1 Å². The molecule has 1 amide bonds. The molecule has 0 bridgehead atoms. The Balaban J connectivity index is 0.00000128. The van der Waals surface area contributed by atoms with Crippen LogP contribution in [0.4, 0.5) is 4.79 Å². The van der Waals surface area contributed by atoms with Gasteiger partial charge in [-0.05, 0) is 12.8 Å². The van der Waals surface area contributed by atoms with Gasteiger partial charge in [0.25, 0.3) is 6.33 Å². The minimum atomic E-state index is 0. The highest BCUT2D eigenvalue weighted by Gasteiger charge is 2.21. The molecule has 1 aromatic heterocycles. The second-order valence-electron chi connectivity index (χ2n) is 4.17. The monoisotopic (exact) mass is 335 g/mol. The molecule has 0 radical (unpaired) electrons. The Morgan fingerprint density at radius 2 is 1.81 bits per heavy atom. The Bertz CT molecular complexity index is 343. The fourth-order valence-electron chi connectivity index (χ4n) is 1.99. The van der Waals surface area contributed by atoms with Crippen molar-refractivity contribution < 1.29 is 33.3 Å². The van der Waals surface area contributed by atoms with E-state index in [4.69, 9.17) is 0 Å². The molecule has 0 aromatic carbocycles. The number of carbonyl (C=O) groups is 1. The lowest BCUT2D eigenvalue weighted by Gasteiger charge is -2.16. The van der Waals surface area contributed by atoms with E-state index in [-0.39, 0.29) is 30.0 Å². The van der Waals surface area contributed by atoms with Gasteiger partial charge in [-0.2, -0.15) is 4.57 Å². The summed E-state index contributed by atoms with van der Waals surface area (Å²) >= 11 is 0. The Hall–Kier alpha value is -0.590. The van der Waals surface area contributed by atoms with Crippen molar-refractivity contribution in [3.8, 4) is 0 Å². The van der Waals surface area contributed by atoms with Gasteiger partial charge in [-0.1, -0.05) is 12.8 Å². The van der Waals surface area contributed by atoms with Crippen LogP contribution in [-0.4, -0.2) is 28.6 Å². The van der Waals surface area contributed by atoms with Gasteiger partial charge in [0.2, 0.25) is 0 Å². The summed E-state index contributed by atoms with van der Waals surface area (Å²) in [7, 11) is 1.92. The minimum Gasteiger partial charge on any atom is -1.00 e. The number of halogens is 1. The minimum absolute atomic E-state index is 0. The number of amides is 1. The average molecular weight is 335 g/mol. The van der Waals surface area contributed by atoms with Crippen LogP contribution < -0.4 is 28.5 Å². The molecule has 1 fully saturated rings. The first-order valence-electron chi connectivity index (χ1n) is 5.60. The molecule has 5 heteroatoms. The number of aromatic nitrogens is 2. The van der Waals surface area contributed by atoms with Crippen molar-refractivity contribution in [1.82, 2.24) is 9.47 Å². The Morgan fingerprint density at radius 1 is 1.19 bits per heavy atom. The van der Waals surface area contributed by atoms with E-state index < -0.39 is 0 Å². The number of carbonyl (C=O) groups excluding carboxylic acids is 1. The van der Waals surface area contributed by atoms with Crippen molar-refractivity contribution in [2.24, 2.45) is 7.05 Å².